The minimum absolute atomic E-state index is 0. The third-order valence-electron chi connectivity index (χ3n) is 5.28. The summed E-state index contributed by atoms with van der Waals surface area (Å²) in [6, 6.07) is 10.4. The minimum Gasteiger partial charge on any atom is -1.00 e. The first kappa shape index (κ1) is 25.1. The van der Waals surface area contributed by atoms with E-state index in [0.29, 0.717) is 0 Å². The van der Waals surface area contributed by atoms with Crippen LogP contribution in [0, 0.1) is 0 Å². The van der Waals surface area contributed by atoms with Crippen LogP contribution < -0.4 is 12.4 Å². The van der Waals surface area contributed by atoms with Gasteiger partial charge in [0.1, 0.15) is 7.05 Å². The van der Waals surface area contributed by atoms with Crippen LogP contribution in [0.2, 0.25) is 0 Å². The van der Waals surface area contributed by atoms with E-state index in [1.165, 1.54) is 69.8 Å². The van der Waals surface area contributed by atoms with Gasteiger partial charge in [0.05, 0.1) is 0 Å². The molecule has 0 amide bonds. The van der Waals surface area contributed by atoms with Crippen LogP contribution in [0.3, 0.4) is 0 Å². The highest BCUT2D eigenvalue weighted by Gasteiger charge is 2.45. The highest BCUT2D eigenvalue weighted by Crippen LogP contribution is 2.42. The van der Waals surface area contributed by atoms with E-state index >= 15 is 0 Å². The molecule has 0 saturated carbocycles. The molecule has 146 valence electrons. The third kappa shape index (κ3) is 9.00. The zero-order chi connectivity index (χ0) is 17.9. The Morgan fingerprint density at radius 2 is 1.24 bits per heavy atom. The highest BCUT2D eigenvalue weighted by atomic mass is 35.5. The molecule has 0 aromatic heterocycles. The topological polar surface area (TPSA) is 0 Å². The van der Waals surface area contributed by atoms with Crippen molar-refractivity contribution in [2.45, 2.75) is 90.0 Å². The van der Waals surface area contributed by atoms with Crippen molar-refractivity contribution in [3.8, 4) is 0 Å². The lowest BCUT2D eigenvalue weighted by atomic mass is 9.86. The van der Waals surface area contributed by atoms with Gasteiger partial charge in [-0.25, -0.2) is 0 Å². The number of nitrogens with zero attached hydrogens (tertiary/aromatic N) is 1. The molecule has 0 heterocycles. The molecule has 0 radical (unpaired) electrons. The number of quaternary nitrogens is 1. The van der Waals surface area contributed by atoms with Gasteiger partial charge in [0.15, 0.2) is 29.1 Å². The van der Waals surface area contributed by atoms with E-state index in [0.717, 1.165) is 6.42 Å². The largest absolute Gasteiger partial charge is 1.00 e. The van der Waals surface area contributed by atoms with Gasteiger partial charge in [0.2, 0.25) is 0 Å². The maximum absolute atomic E-state index is 6.50. The van der Waals surface area contributed by atoms with E-state index in [4.69, 9.17) is 23.6 Å². The average molecular weight is 409 g/mol. The fraction of sp³-hybridized carbons (Fsp3) is 0.714. The lowest BCUT2D eigenvalue weighted by molar-refractivity contribution is -0.743. The predicted octanol–water partition coefficient (Wildman–Crippen LogP) is 4.97. The Labute approximate surface area is 172 Å². The summed E-state index contributed by atoms with van der Waals surface area (Å²) in [7, 11) is 1.87. The summed E-state index contributed by atoms with van der Waals surface area (Å²) in [4.78, 5) is 0. The molecule has 0 N–H and O–H groups in total. The van der Waals surface area contributed by atoms with Gasteiger partial charge in [-0.05, 0) is 13.3 Å². The lowest BCUT2D eigenvalue weighted by Crippen LogP contribution is -3.00. The average Bonchev–Trinajstić information content (AvgIpc) is 2.56. The maximum atomic E-state index is 6.50. The fourth-order valence-corrected chi connectivity index (χ4v) is 3.69. The van der Waals surface area contributed by atoms with Gasteiger partial charge in [-0.1, -0.05) is 95.0 Å². The number of benzene rings is 1. The molecule has 25 heavy (non-hydrogen) atoms. The van der Waals surface area contributed by atoms with Crippen LogP contribution in [0.25, 0.3) is 0 Å². The predicted molar refractivity (Wildman–Crippen MR) is 108 cm³/mol. The van der Waals surface area contributed by atoms with Gasteiger partial charge in [0, 0.05) is 12.0 Å². The Morgan fingerprint density at radius 3 is 1.68 bits per heavy atom. The molecule has 0 fully saturated rings. The highest BCUT2D eigenvalue weighted by molar-refractivity contribution is 6.23. The van der Waals surface area contributed by atoms with Crippen LogP contribution in [0.5, 0.6) is 0 Å². The molecular formula is C21H36Cl3N. The Hall–Kier alpha value is 0.0500. The molecular weight excluding hydrogens is 373 g/mol. The van der Waals surface area contributed by atoms with Crippen LogP contribution in [-0.4, -0.2) is 10.6 Å². The number of hydrogen-bond acceptors (Lipinski definition) is 0. The van der Waals surface area contributed by atoms with E-state index in [-0.39, 0.29) is 21.5 Å². The molecule has 1 rings (SSSR count). The van der Waals surface area contributed by atoms with E-state index in [1.807, 2.05) is 13.1 Å². The molecule has 1 unspecified atom stereocenters. The Bertz CT molecular complexity index is 431. The van der Waals surface area contributed by atoms with Gasteiger partial charge in [-0.15, -0.1) is 3.52 Å². The summed E-state index contributed by atoms with van der Waals surface area (Å²) >= 11 is 13.0. The van der Waals surface area contributed by atoms with Crippen molar-refractivity contribution in [2.75, 3.05) is 7.05 Å². The standard InChI is InChI=1S/C21H36Cl2N.ClH/c1-4-5-6-7-8-9-10-11-12-16-19-21(2,24(3,22)23)20-17-14-13-15-18-20;/h13-15,17-18H,4-12,16,19H2,1-3H3;1H/q+1;/p-1. The molecule has 0 bridgehead atoms. The minimum atomic E-state index is -0.259. The monoisotopic (exact) mass is 407 g/mol. The normalized spacial score (nSPS) is 14.0. The van der Waals surface area contributed by atoms with E-state index in [1.54, 1.807) is 0 Å². The second-order valence-corrected chi connectivity index (χ2v) is 8.89. The van der Waals surface area contributed by atoms with Crippen molar-refractivity contribution in [1.29, 1.82) is 0 Å². The maximum Gasteiger partial charge on any atom is 0.187 e. The van der Waals surface area contributed by atoms with Crippen molar-refractivity contribution in [3.63, 3.8) is 0 Å². The molecule has 0 spiro atoms. The Kier molecular flexibility index (Phi) is 13.3. The Morgan fingerprint density at radius 1 is 0.800 bits per heavy atom. The van der Waals surface area contributed by atoms with E-state index in [2.05, 4.69) is 38.1 Å². The quantitative estimate of drug-likeness (QED) is 0.319. The zero-order valence-corrected chi connectivity index (χ0v) is 18.5. The molecule has 1 aromatic carbocycles. The first-order valence-corrected chi connectivity index (χ1v) is 10.4. The second kappa shape index (κ2) is 13.3. The van der Waals surface area contributed by atoms with Crippen molar-refractivity contribution in [2.24, 2.45) is 0 Å². The molecule has 0 saturated heterocycles. The first-order valence-electron chi connectivity index (χ1n) is 9.73. The third-order valence-corrected chi connectivity index (χ3v) is 6.03. The van der Waals surface area contributed by atoms with Crippen LogP contribution in [0.4, 0.5) is 0 Å². The summed E-state index contributed by atoms with van der Waals surface area (Å²) in [6.45, 7) is 4.45. The number of halogens is 3. The van der Waals surface area contributed by atoms with Crippen molar-refractivity contribution in [1.82, 2.24) is 0 Å². The summed E-state index contributed by atoms with van der Waals surface area (Å²) in [5.41, 5.74) is 0.957. The number of rotatable bonds is 13. The second-order valence-electron chi connectivity index (χ2n) is 7.37. The van der Waals surface area contributed by atoms with Crippen LogP contribution in [0.1, 0.15) is 90.0 Å². The summed E-state index contributed by atoms with van der Waals surface area (Å²) in [6.07, 6.45) is 14.5. The Balaban J connectivity index is 0.00000576. The SMILES string of the molecule is CCCCCCCCCCCCC(C)(c1ccccc1)[N+](C)(Cl)Cl.[Cl-]. The zero-order valence-electron chi connectivity index (χ0n) is 16.2. The van der Waals surface area contributed by atoms with Gasteiger partial charge in [0.25, 0.3) is 0 Å². The number of hydrogen-bond donors (Lipinski definition) is 0. The molecule has 1 atom stereocenters. The van der Waals surface area contributed by atoms with E-state index in [9.17, 15) is 0 Å². The smallest absolute Gasteiger partial charge is 0.187 e. The molecule has 4 heteroatoms. The molecule has 0 aliphatic heterocycles. The van der Waals surface area contributed by atoms with Crippen molar-refractivity contribution < 1.29 is 15.9 Å². The number of unbranched alkanes of at least 4 members (excludes halogenated alkanes) is 9. The fourth-order valence-electron chi connectivity index (χ4n) is 3.32. The lowest BCUT2D eigenvalue weighted by Gasteiger charge is -2.36. The van der Waals surface area contributed by atoms with Gasteiger partial charge in [-0.2, -0.15) is 0 Å². The van der Waals surface area contributed by atoms with Gasteiger partial charge < -0.3 is 12.4 Å². The molecule has 1 aromatic rings. The summed E-state index contributed by atoms with van der Waals surface area (Å²) < 4.78 is -0.0611. The van der Waals surface area contributed by atoms with Crippen molar-refractivity contribution >= 4 is 23.6 Å². The first-order chi connectivity index (χ1) is 11.4. The van der Waals surface area contributed by atoms with Crippen molar-refractivity contribution in [3.05, 3.63) is 35.9 Å². The van der Waals surface area contributed by atoms with Gasteiger partial charge >= 0.3 is 0 Å². The van der Waals surface area contributed by atoms with E-state index < -0.39 is 0 Å². The van der Waals surface area contributed by atoms with Crippen LogP contribution in [-0.2, 0) is 5.54 Å². The summed E-state index contributed by atoms with van der Waals surface area (Å²) in [5.74, 6) is 0. The molecule has 1 nitrogen and oxygen atoms in total. The molecule has 0 aliphatic rings. The van der Waals surface area contributed by atoms with Crippen LogP contribution >= 0.6 is 23.6 Å². The summed E-state index contributed by atoms with van der Waals surface area (Å²) in [5, 5.41) is 0. The van der Waals surface area contributed by atoms with Crippen LogP contribution in [0.15, 0.2) is 30.3 Å². The molecule has 0 aliphatic carbocycles. The van der Waals surface area contributed by atoms with Gasteiger partial charge in [-0.3, -0.25) is 0 Å².